The predicted molar refractivity (Wildman–Crippen MR) is 70.8 cm³/mol. The maximum atomic E-state index is 11.8. The number of halogens is 1. The molecular weight excluding hydrogens is 260 g/mol. The first-order valence-corrected chi connectivity index (χ1v) is 6.48. The molecule has 1 aliphatic heterocycles. The molecular formula is C10H17ClN4OS. The third-order valence-electron chi connectivity index (χ3n) is 2.63. The first-order chi connectivity index (χ1) is 7.79. The van der Waals surface area contributed by atoms with Crippen LogP contribution in [0.4, 0.5) is 5.13 Å². The number of carbonyl (C=O) groups excluding carboxylic acids is 1. The van der Waals surface area contributed by atoms with Gasteiger partial charge in [0.1, 0.15) is 5.01 Å². The second-order valence-electron chi connectivity index (χ2n) is 3.85. The van der Waals surface area contributed by atoms with Crippen molar-refractivity contribution in [2.45, 2.75) is 38.6 Å². The van der Waals surface area contributed by atoms with Crippen LogP contribution in [0.15, 0.2) is 0 Å². The van der Waals surface area contributed by atoms with E-state index in [9.17, 15) is 4.79 Å². The maximum Gasteiger partial charge on any atom is 0.243 e. The van der Waals surface area contributed by atoms with Gasteiger partial charge >= 0.3 is 0 Å². The molecule has 0 aromatic carbocycles. The van der Waals surface area contributed by atoms with Crippen molar-refractivity contribution in [3.8, 4) is 0 Å². The van der Waals surface area contributed by atoms with Crippen LogP contribution in [0.3, 0.4) is 0 Å². The van der Waals surface area contributed by atoms with Gasteiger partial charge in [-0.2, -0.15) is 0 Å². The number of hydrogen-bond acceptors (Lipinski definition) is 5. The maximum absolute atomic E-state index is 11.8. The molecule has 2 heterocycles. The molecule has 1 fully saturated rings. The lowest BCUT2D eigenvalue weighted by Gasteiger charge is -2.21. The smallest absolute Gasteiger partial charge is 0.243 e. The average molecular weight is 277 g/mol. The van der Waals surface area contributed by atoms with Gasteiger partial charge in [-0.3, -0.25) is 10.1 Å². The Hall–Kier alpha value is -0.720. The van der Waals surface area contributed by atoms with E-state index < -0.39 is 0 Å². The van der Waals surface area contributed by atoms with Gasteiger partial charge in [-0.15, -0.1) is 22.6 Å². The minimum atomic E-state index is -0.0669. The van der Waals surface area contributed by atoms with E-state index in [1.54, 1.807) is 0 Å². The lowest BCUT2D eigenvalue weighted by atomic mass is 10.0. The topological polar surface area (TPSA) is 66.9 Å². The molecule has 1 amide bonds. The van der Waals surface area contributed by atoms with Crippen LogP contribution in [0.5, 0.6) is 0 Å². The number of piperidine rings is 1. The summed E-state index contributed by atoms with van der Waals surface area (Å²) in [5.41, 5.74) is 0. The molecule has 0 spiro atoms. The van der Waals surface area contributed by atoms with Gasteiger partial charge in [-0.1, -0.05) is 24.7 Å². The Morgan fingerprint density at radius 2 is 2.35 bits per heavy atom. The van der Waals surface area contributed by atoms with Gasteiger partial charge in [0.05, 0.1) is 6.04 Å². The van der Waals surface area contributed by atoms with E-state index in [0.717, 1.165) is 37.2 Å². The summed E-state index contributed by atoms with van der Waals surface area (Å²) in [6.45, 7) is 2.95. The number of aryl methyl sites for hydroxylation is 1. The Morgan fingerprint density at radius 3 is 2.94 bits per heavy atom. The first kappa shape index (κ1) is 14.3. The summed E-state index contributed by atoms with van der Waals surface area (Å²) in [6, 6.07) is -0.0669. The normalized spacial score (nSPS) is 19.5. The molecule has 1 aromatic rings. The van der Waals surface area contributed by atoms with Crippen molar-refractivity contribution >= 4 is 34.8 Å². The summed E-state index contributed by atoms with van der Waals surface area (Å²) < 4.78 is 0. The van der Waals surface area contributed by atoms with Crippen molar-refractivity contribution in [3.05, 3.63) is 5.01 Å². The molecule has 5 nitrogen and oxygen atoms in total. The van der Waals surface area contributed by atoms with Crippen LogP contribution < -0.4 is 10.6 Å². The number of hydrogen-bond donors (Lipinski definition) is 2. The molecule has 0 radical (unpaired) electrons. The van der Waals surface area contributed by atoms with Crippen LogP contribution in [-0.4, -0.2) is 28.7 Å². The highest BCUT2D eigenvalue weighted by Crippen LogP contribution is 2.16. The van der Waals surface area contributed by atoms with Crippen molar-refractivity contribution in [2.24, 2.45) is 0 Å². The van der Waals surface area contributed by atoms with Crippen LogP contribution >= 0.6 is 23.7 Å². The van der Waals surface area contributed by atoms with Crippen LogP contribution in [0, 0.1) is 0 Å². The molecule has 96 valence electrons. The zero-order valence-corrected chi connectivity index (χ0v) is 11.4. The van der Waals surface area contributed by atoms with E-state index >= 15 is 0 Å². The average Bonchev–Trinajstić information content (AvgIpc) is 2.78. The van der Waals surface area contributed by atoms with Crippen LogP contribution in [0.1, 0.15) is 31.2 Å². The van der Waals surface area contributed by atoms with Crippen molar-refractivity contribution < 1.29 is 4.79 Å². The highest BCUT2D eigenvalue weighted by atomic mass is 35.5. The highest BCUT2D eigenvalue weighted by molar-refractivity contribution is 7.15. The minimum absolute atomic E-state index is 0. The van der Waals surface area contributed by atoms with Gasteiger partial charge in [-0.05, 0) is 25.8 Å². The summed E-state index contributed by atoms with van der Waals surface area (Å²) in [5, 5.41) is 15.5. The molecule has 1 atom stereocenters. The van der Waals surface area contributed by atoms with Gasteiger partial charge in [0.25, 0.3) is 0 Å². The SMILES string of the molecule is CCc1nnc(NC(=O)[C@H]2CCCCN2)s1.Cl. The van der Waals surface area contributed by atoms with E-state index in [0.29, 0.717) is 5.13 Å². The zero-order chi connectivity index (χ0) is 11.4. The van der Waals surface area contributed by atoms with Crippen LogP contribution in [0.2, 0.25) is 0 Å². The second-order valence-corrected chi connectivity index (χ2v) is 4.91. The van der Waals surface area contributed by atoms with Crippen molar-refractivity contribution in [3.63, 3.8) is 0 Å². The molecule has 0 aliphatic carbocycles. The van der Waals surface area contributed by atoms with Gasteiger partial charge in [0, 0.05) is 0 Å². The molecule has 17 heavy (non-hydrogen) atoms. The third-order valence-corrected chi connectivity index (χ3v) is 3.61. The molecule has 2 N–H and O–H groups in total. The van der Waals surface area contributed by atoms with Crippen LogP contribution in [-0.2, 0) is 11.2 Å². The zero-order valence-electron chi connectivity index (χ0n) is 9.73. The highest BCUT2D eigenvalue weighted by Gasteiger charge is 2.21. The van der Waals surface area contributed by atoms with Crippen LogP contribution in [0.25, 0.3) is 0 Å². The van der Waals surface area contributed by atoms with Gasteiger partial charge in [0.15, 0.2) is 0 Å². The summed E-state index contributed by atoms with van der Waals surface area (Å²) in [5.74, 6) is 0.0125. The molecule has 0 bridgehead atoms. The Bertz CT molecular complexity index is 365. The molecule has 7 heteroatoms. The second kappa shape index (κ2) is 6.88. The molecule has 1 aliphatic rings. The van der Waals surface area contributed by atoms with Gasteiger partial charge in [-0.25, -0.2) is 0 Å². The largest absolute Gasteiger partial charge is 0.306 e. The summed E-state index contributed by atoms with van der Waals surface area (Å²) in [7, 11) is 0. The van der Waals surface area contributed by atoms with E-state index in [-0.39, 0.29) is 24.4 Å². The number of nitrogens with zero attached hydrogens (tertiary/aromatic N) is 2. The number of anilines is 1. The predicted octanol–water partition coefficient (Wildman–Crippen LogP) is 1.60. The number of rotatable bonds is 3. The molecule has 1 aromatic heterocycles. The van der Waals surface area contributed by atoms with E-state index in [1.807, 2.05) is 6.92 Å². The summed E-state index contributed by atoms with van der Waals surface area (Å²) in [4.78, 5) is 11.8. The Morgan fingerprint density at radius 1 is 1.53 bits per heavy atom. The fourth-order valence-electron chi connectivity index (χ4n) is 1.72. The Labute approximate surface area is 111 Å². The van der Waals surface area contributed by atoms with Crippen molar-refractivity contribution in [2.75, 3.05) is 11.9 Å². The van der Waals surface area contributed by atoms with Crippen molar-refractivity contribution in [1.29, 1.82) is 0 Å². The monoisotopic (exact) mass is 276 g/mol. The summed E-state index contributed by atoms with van der Waals surface area (Å²) in [6.07, 6.45) is 4.03. The van der Waals surface area contributed by atoms with Gasteiger partial charge in [0.2, 0.25) is 11.0 Å². The lowest BCUT2D eigenvalue weighted by molar-refractivity contribution is -0.118. The van der Waals surface area contributed by atoms with E-state index in [4.69, 9.17) is 0 Å². The Balaban J connectivity index is 0.00000144. The Kier molecular flexibility index (Phi) is 5.80. The van der Waals surface area contributed by atoms with Crippen molar-refractivity contribution in [1.82, 2.24) is 15.5 Å². The molecule has 2 rings (SSSR count). The number of aromatic nitrogens is 2. The molecule has 0 unspecified atom stereocenters. The minimum Gasteiger partial charge on any atom is -0.306 e. The van der Waals surface area contributed by atoms with E-state index in [2.05, 4.69) is 20.8 Å². The molecule has 0 saturated carbocycles. The van der Waals surface area contributed by atoms with Gasteiger partial charge < -0.3 is 5.32 Å². The fraction of sp³-hybridized carbons (Fsp3) is 0.700. The summed E-state index contributed by atoms with van der Waals surface area (Å²) >= 11 is 1.44. The van der Waals surface area contributed by atoms with E-state index in [1.165, 1.54) is 11.3 Å². The third kappa shape index (κ3) is 3.90. The fourth-order valence-corrected chi connectivity index (χ4v) is 2.40. The lowest BCUT2D eigenvalue weighted by Crippen LogP contribution is -2.43. The number of nitrogens with one attached hydrogen (secondary N) is 2. The first-order valence-electron chi connectivity index (χ1n) is 5.66. The standard InChI is InChI=1S/C10H16N4OS.ClH/c1-2-8-13-14-10(16-8)12-9(15)7-5-3-4-6-11-7;/h7,11H,2-6H2,1H3,(H,12,14,15);1H/t7-;/m1./s1. The molecule has 1 saturated heterocycles. The number of carbonyl (C=O) groups is 1. The quantitative estimate of drug-likeness (QED) is 0.880. The number of amides is 1.